The minimum atomic E-state index is -0.417. The molecule has 0 aromatic carbocycles. The Morgan fingerprint density at radius 3 is 2.50 bits per heavy atom. The van der Waals surface area contributed by atoms with Crippen molar-refractivity contribution >= 4 is 6.09 Å². The van der Waals surface area contributed by atoms with E-state index in [0.29, 0.717) is 19.1 Å². The summed E-state index contributed by atoms with van der Waals surface area (Å²) in [6.45, 7) is 12.1. The molecular weight excluding hydrogens is 228 g/mol. The van der Waals surface area contributed by atoms with Gasteiger partial charge in [-0.15, -0.1) is 0 Å². The Morgan fingerprint density at radius 1 is 1.44 bits per heavy atom. The van der Waals surface area contributed by atoms with Gasteiger partial charge in [-0.3, -0.25) is 0 Å². The molecule has 1 fully saturated rings. The van der Waals surface area contributed by atoms with Gasteiger partial charge < -0.3 is 15.0 Å². The summed E-state index contributed by atoms with van der Waals surface area (Å²) in [6, 6.07) is 0.572. The van der Waals surface area contributed by atoms with Crippen molar-refractivity contribution in [3.05, 3.63) is 0 Å². The lowest BCUT2D eigenvalue weighted by atomic mass is 10.2. The average Bonchev–Trinajstić information content (AvgIpc) is 3.04. The summed E-state index contributed by atoms with van der Waals surface area (Å²) in [6.07, 6.45) is 2.47. The molecule has 1 aliphatic rings. The standard InChI is InChI=1S/C14H28N2O2/c1-6-16(13(17)18-14(3,4)5)10-9-15-11(2)12-7-8-12/h11-12,15H,6-10H2,1-5H3. The van der Waals surface area contributed by atoms with Crippen molar-refractivity contribution in [2.24, 2.45) is 5.92 Å². The Hall–Kier alpha value is -0.770. The van der Waals surface area contributed by atoms with Crippen molar-refractivity contribution < 1.29 is 9.53 Å². The quantitative estimate of drug-likeness (QED) is 0.794. The lowest BCUT2D eigenvalue weighted by Gasteiger charge is -2.27. The second kappa shape index (κ2) is 6.41. The first-order chi connectivity index (χ1) is 8.33. The Morgan fingerprint density at radius 2 is 2.06 bits per heavy atom. The van der Waals surface area contributed by atoms with E-state index < -0.39 is 5.60 Å². The van der Waals surface area contributed by atoms with Crippen LogP contribution in [0, 0.1) is 5.92 Å². The summed E-state index contributed by atoms with van der Waals surface area (Å²) >= 11 is 0. The number of amides is 1. The summed E-state index contributed by atoms with van der Waals surface area (Å²) in [5, 5.41) is 3.48. The molecule has 0 bridgehead atoms. The molecule has 1 saturated carbocycles. The van der Waals surface area contributed by atoms with E-state index in [0.717, 1.165) is 12.5 Å². The van der Waals surface area contributed by atoms with E-state index in [-0.39, 0.29) is 6.09 Å². The van der Waals surface area contributed by atoms with Crippen LogP contribution in [0.4, 0.5) is 4.79 Å². The first-order valence-corrected chi connectivity index (χ1v) is 7.04. The predicted molar refractivity (Wildman–Crippen MR) is 73.7 cm³/mol. The first-order valence-electron chi connectivity index (χ1n) is 7.04. The van der Waals surface area contributed by atoms with E-state index in [1.807, 2.05) is 27.7 Å². The SMILES string of the molecule is CCN(CCNC(C)C1CC1)C(=O)OC(C)(C)C. The van der Waals surface area contributed by atoms with Crippen LogP contribution in [0.1, 0.15) is 47.5 Å². The fourth-order valence-corrected chi connectivity index (χ4v) is 1.90. The van der Waals surface area contributed by atoms with Crippen LogP contribution < -0.4 is 5.32 Å². The van der Waals surface area contributed by atoms with E-state index >= 15 is 0 Å². The van der Waals surface area contributed by atoms with Gasteiger partial charge >= 0.3 is 6.09 Å². The minimum Gasteiger partial charge on any atom is -0.444 e. The maximum Gasteiger partial charge on any atom is 0.410 e. The molecule has 0 aromatic heterocycles. The van der Waals surface area contributed by atoms with Gasteiger partial charge in [-0.2, -0.15) is 0 Å². The molecule has 18 heavy (non-hydrogen) atoms. The summed E-state index contributed by atoms with van der Waals surface area (Å²) in [4.78, 5) is 13.6. The smallest absolute Gasteiger partial charge is 0.410 e. The van der Waals surface area contributed by atoms with Crippen molar-refractivity contribution in [3.63, 3.8) is 0 Å². The van der Waals surface area contributed by atoms with E-state index in [4.69, 9.17) is 4.74 Å². The van der Waals surface area contributed by atoms with Gasteiger partial charge in [-0.25, -0.2) is 4.79 Å². The van der Waals surface area contributed by atoms with Crippen LogP contribution in [-0.4, -0.2) is 42.3 Å². The lowest BCUT2D eigenvalue weighted by Crippen LogP contribution is -2.42. The lowest BCUT2D eigenvalue weighted by molar-refractivity contribution is 0.0261. The molecule has 4 heteroatoms. The van der Waals surface area contributed by atoms with Crippen molar-refractivity contribution in [2.75, 3.05) is 19.6 Å². The Bertz CT molecular complexity index is 269. The van der Waals surface area contributed by atoms with Crippen LogP contribution in [0.3, 0.4) is 0 Å². The van der Waals surface area contributed by atoms with Crippen molar-refractivity contribution in [1.29, 1.82) is 0 Å². The molecule has 1 N–H and O–H groups in total. The van der Waals surface area contributed by atoms with Gasteiger partial charge in [0.15, 0.2) is 0 Å². The molecule has 106 valence electrons. The zero-order valence-electron chi connectivity index (χ0n) is 12.5. The molecule has 0 radical (unpaired) electrons. The number of hydrogen-bond donors (Lipinski definition) is 1. The zero-order chi connectivity index (χ0) is 13.8. The molecular formula is C14H28N2O2. The predicted octanol–water partition coefficient (Wildman–Crippen LogP) is 2.63. The average molecular weight is 256 g/mol. The number of carbonyl (C=O) groups excluding carboxylic acids is 1. The van der Waals surface area contributed by atoms with Crippen LogP contribution in [0.25, 0.3) is 0 Å². The van der Waals surface area contributed by atoms with Gasteiger partial charge in [0, 0.05) is 25.7 Å². The molecule has 1 atom stereocenters. The molecule has 4 nitrogen and oxygen atoms in total. The molecule has 1 amide bonds. The van der Waals surface area contributed by atoms with E-state index in [1.54, 1.807) is 4.90 Å². The fourth-order valence-electron chi connectivity index (χ4n) is 1.90. The number of nitrogens with one attached hydrogen (secondary N) is 1. The van der Waals surface area contributed by atoms with E-state index in [1.165, 1.54) is 12.8 Å². The number of ether oxygens (including phenoxy) is 1. The number of nitrogens with zero attached hydrogens (tertiary/aromatic N) is 1. The second-order valence-electron chi connectivity index (χ2n) is 6.14. The van der Waals surface area contributed by atoms with Crippen LogP contribution in [-0.2, 0) is 4.74 Å². The summed E-state index contributed by atoms with van der Waals surface area (Å²) in [5.41, 5.74) is -0.417. The highest BCUT2D eigenvalue weighted by Crippen LogP contribution is 2.32. The first kappa shape index (κ1) is 15.3. The normalized spacial score (nSPS) is 17.4. The van der Waals surface area contributed by atoms with Crippen LogP contribution in [0.15, 0.2) is 0 Å². The van der Waals surface area contributed by atoms with Crippen molar-refractivity contribution in [2.45, 2.75) is 59.1 Å². The minimum absolute atomic E-state index is 0.217. The highest BCUT2D eigenvalue weighted by atomic mass is 16.6. The van der Waals surface area contributed by atoms with Gasteiger partial charge in [0.25, 0.3) is 0 Å². The second-order valence-corrected chi connectivity index (χ2v) is 6.14. The molecule has 1 rings (SSSR count). The van der Waals surface area contributed by atoms with Gasteiger partial charge in [0.2, 0.25) is 0 Å². The van der Waals surface area contributed by atoms with Crippen molar-refractivity contribution in [3.8, 4) is 0 Å². The molecule has 0 saturated heterocycles. The molecule has 1 aliphatic carbocycles. The number of hydrogen-bond acceptors (Lipinski definition) is 3. The largest absolute Gasteiger partial charge is 0.444 e. The Balaban J connectivity index is 2.25. The van der Waals surface area contributed by atoms with Crippen molar-refractivity contribution in [1.82, 2.24) is 10.2 Å². The summed E-state index contributed by atoms with van der Waals surface area (Å²) in [7, 11) is 0. The van der Waals surface area contributed by atoms with E-state index in [2.05, 4.69) is 12.2 Å². The number of rotatable bonds is 6. The summed E-state index contributed by atoms with van der Waals surface area (Å²) < 4.78 is 5.37. The van der Waals surface area contributed by atoms with Gasteiger partial charge in [0.05, 0.1) is 0 Å². The Labute approximate surface area is 111 Å². The number of carbonyl (C=O) groups is 1. The highest BCUT2D eigenvalue weighted by Gasteiger charge is 2.27. The van der Waals surface area contributed by atoms with Gasteiger partial charge in [0.1, 0.15) is 5.60 Å². The molecule has 0 spiro atoms. The van der Waals surface area contributed by atoms with Gasteiger partial charge in [-0.1, -0.05) is 0 Å². The van der Waals surface area contributed by atoms with Gasteiger partial charge in [-0.05, 0) is 53.4 Å². The molecule has 1 unspecified atom stereocenters. The maximum absolute atomic E-state index is 11.9. The third-order valence-corrected chi connectivity index (χ3v) is 3.21. The monoisotopic (exact) mass is 256 g/mol. The van der Waals surface area contributed by atoms with Crippen LogP contribution >= 0.6 is 0 Å². The summed E-state index contributed by atoms with van der Waals surface area (Å²) in [5.74, 6) is 0.849. The maximum atomic E-state index is 11.9. The van der Waals surface area contributed by atoms with Crippen LogP contribution in [0.2, 0.25) is 0 Å². The topological polar surface area (TPSA) is 41.6 Å². The van der Waals surface area contributed by atoms with Crippen LogP contribution in [0.5, 0.6) is 0 Å². The molecule has 0 aliphatic heterocycles. The number of likely N-dealkylation sites (N-methyl/N-ethyl adjacent to an activating group) is 1. The Kier molecular flexibility index (Phi) is 5.45. The third-order valence-electron chi connectivity index (χ3n) is 3.21. The molecule has 0 heterocycles. The highest BCUT2D eigenvalue weighted by molar-refractivity contribution is 5.68. The van der Waals surface area contributed by atoms with E-state index in [9.17, 15) is 4.79 Å². The third kappa shape index (κ3) is 5.71. The molecule has 0 aromatic rings. The zero-order valence-corrected chi connectivity index (χ0v) is 12.5. The fraction of sp³-hybridized carbons (Fsp3) is 0.929.